The van der Waals surface area contributed by atoms with E-state index in [1.165, 1.54) is 55.2 Å². The van der Waals surface area contributed by atoms with Gasteiger partial charge in [-0.05, 0) is 43.7 Å². The molecule has 2 fully saturated rings. The normalized spacial score (nSPS) is 22.8. The number of carbonyl (C=O) groups excluding carboxylic acids is 1. The predicted octanol–water partition coefficient (Wildman–Crippen LogP) is 4.02. The Kier molecular flexibility index (Phi) is 5.79. The number of fused-ring (bicyclic) bond motifs is 1. The van der Waals surface area contributed by atoms with E-state index in [9.17, 15) is 4.79 Å². The Balaban J connectivity index is 1.27. The molecule has 0 spiro atoms. The average Bonchev–Trinajstić information content (AvgIpc) is 3.35. The van der Waals surface area contributed by atoms with Crippen LogP contribution in [-0.4, -0.2) is 39.3 Å². The van der Waals surface area contributed by atoms with Crippen molar-refractivity contribution >= 4 is 34.1 Å². The first-order chi connectivity index (χ1) is 12.8. The van der Waals surface area contributed by atoms with E-state index >= 15 is 0 Å². The second-order valence-corrected chi connectivity index (χ2v) is 9.14. The summed E-state index contributed by atoms with van der Waals surface area (Å²) < 4.78 is 6.12. The molecule has 26 heavy (non-hydrogen) atoms. The van der Waals surface area contributed by atoms with Gasteiger partial charge < -0.3 is 14.6 Å². The molecule has 3 heterocycles. The Morgan fingerprint density at radius 2 is 2.19 bits per heavy atom. The number of likely N-dealkylation sites (tertiary alicyclic amines) is 1. The van der Waals surface area contributed by atoms with Gasteiger partial charge in [-0.15, -0.1) is 10.2 Å². The minimum atomic E-state index is 0.256. The number of rotatable bonds is 6. The zero-order valence-electron chi connectivity index (χ0n) is 14.7. The van der Waals surface area contributed by atoms with Gasteiger partial charge in [-0.2, -0.15) is 0 Å². The number of amides is 1. The number of nitrogens with zero attached hydrogens (tertiary/aromatic N) is 3. The Labute approximate surface area is 161 Å². The molecule has 140 valence electrons. The van der Waals surface area contributed by atoms with Gasteiger partial charge in [-0.3, -0.25) is 4.79 Å². The van der Waals surface area contributed by atoms with Crippen LogP contribution in [0.4, 0.5) is 5.13 Å². The first-order valence-electron chi connectivity index (χ1n) is 9.31. The van der Waals surface area contributed by atoms with Crippen molar-refractivity contribution in [1.82, 2.24) is 15.1 Å². The molecule has 2 aliphatic rings. The summed E-state index contributed by atoms with van der Waals surface area (Å²) in [5, 5.41) is 12.3. The molecule has 1 aliphatic carbocycles. The molecular formula is C18H24N4O2S2. The molecule has 0 aromatic carbocycles. The first kappa shape index (κ1) is 17.9. The number of aromatic nitrogens is 2. The fraction of sp³-hybridized carbons (Fsp3) is 0.611. The lowest BCUT2D eigenvalue weighted by atomic mass is 9.78. The van der Waals surface area contributed by atoms with Gasteiger partial charge >= 0.3 is 0 Å². The molecule has 2 unspecified atom stereocenters. The maximum absolute atomic E-state index is 12.7. The maximum atomic E-state index is 12.7. The van der Waals surface area contributed by atoms with E-state index in [1.807, 2.05) is 12.1 Å². The van der Waals surface area contributed by atoms with E-state index in [4.69, 9.17) is 4.42 Å². The number of piperidine rings is 1. The van der Waals surface area contributed by atoms with E-state index in [-0.39, 0.29) is 5.91 Å². The van der Waals surface area contributed by atoms with E-state index in [1.54, 1.807) is 6.26 Å². The number of hydrogen-bond donors (Lipinski definition) is 1. The zero-order chi connectivity index (χ0) is 17.8. The van der Waals surface area contributed by atoms with Crippen LogP contribution in [0.25, 0.3) is 0 Å². The third kappa shape index (κ3) is 4.23. The standard InChI is InChI=1S/C18H24N4O2S2/c23-16(22-9-3-6-13-5-1-2-8-15(13)22)12-25-18-21-20-17(26-18)19-11-14-7-4-10-24-14/h4,7,10,13,15H,1-3,5-6,8-9,11-12H2,(H,19,20). The average molecular weight is 393 g/mol. The molecule has 0 radical (unpaired) electrons. The van der Waals surface area contributed by atoms with Crippen LogP contribution in [0.15, 0.2) is 27.2 Å². The molecule has 2 atom stereocenters. The highest BCUT2D eigenvalue weighted by Gasteiger charge is 2.35. The highest BCUT2D eigenvalue weighted by molar-refractivity contribution is 8.01. The summed E-state index contributed by atoms with van der Waals surface area (Å²) in [6.07, 6.45) is 9.17. The van der Waals surface area contributed by atoms with Crippen LogP contribution in [0.3, 0.4) is 0 Å². The summed E-state index contributed by atoms with van der Waals surface area (Å²) in [5.41, 5.74) is 0. The summed E-state index contributed by atoms with van der Waals surface area (Å²) in [7, 11) is 0. The predicted molar refractivity (Wildman–Crippen MR) is 103 cm³/mol. The SMILES string of the molecule is O=C(CSc1nnc(NCc2ccco2)s1)N1CCCC2CCCCC21. The van der Waals surface area contributed by atoms with Crippen LogP contribution >= 0.6 is 23.1 Å². The van der Waals surface area contributed by atoms with Crippen LogP contribution in [0.5, 0.6) is 0 Å². The van der Waals surface area contributed by atoms with Gasteiger partial charge in [0.15, 0.2) is 4.34 Å². The van der Waals surface area contributed by atoms with Crippen molar-refractivity contribution in [1.29, 1.82) is 0 Å². The second-order valence-electron chi connectivity index (χ2n) is 6.94. The lowest BCUT2D eigenvalue weighted by molar-refractivity contribution is -0.134. The van der Waals surface area contributed by atoms with Crippen molar-refractivity contribution in [3.8, 4) is 0 Å². The minimum Gasteiger partial charge on any atom is -0.467 e. The number of nitrogens with one attached hydrogen (secondary N) is 1. The summed E-state index contributed by atoms with van der Waals surface area (Å²) >= 11 is 2.98. The molecule has 1 amide bonds. The highest BCUT2D eigenvalue weighted by Crippen LogP contribution is 2.36. The van der Waals surface area contributed by atoms with Crippen LogP contribution in [-0.2, 0) is 11.3 Å². The van der Waals surface area contributed by atoms with Crippen molar-refractivity contribution in [3.05, 3.63) is 24.2 Å². The third-order valence-electron chi connectivity index (χ3n) is 5.28. The molecule has 6 nitrogen and oxygen atoms in total. The van der Waals surface area contributed by atoms with Gasteiger partial charge in [0.1, 0.15) is 5.76 Å². The molecule has 8 heteroatoms. The largest absolute Gasteiger partial charge is 0.467 e. The number of hydrogen-bond acceptors (Lipinski definition) is 7. The third-order valence-corrected chi connectivity index (χ3v) is 7.28. The van der Waals surface area contributed by atoms with Gasteiger partial charge in [0.25, 0.3) is 0 Å². The van der Waals surface area contributed by atoms with E-state index in [0.29, 0.717) is 18.3 Å². The summed E-state index contributed by atoms with van der Waals surface area (Å²) in [6.45, 7) is 1.51. The van der Waals surface area contributed by atoms with Crippen molar-refractivity contribution in [3.63, 3.8) is 0 Å². The van der Waals surface area contributed by atoms with Crippen LogP contribution in [0, 0.1) is 5.92 Å². The van der Waals surface area contributed by atoms with Crippen LogP contribution in [0.1, 0.15) is 44.3 Å². The summed E-state index contributed by atoms with van der Waals surface area (Å²) in [4.78, 5) is 14.9. The summed E-state index contributed by atoms with van der Waals surface area (Å²) in [5.74, 6) is 2.30. The molecule has 2 aromatic heterocycles. The second kappa shape index (κ2) is 8.43. The van der Waals surface area contributed by atoms with Crippen LogP contribution in [0.2, 0.25) is 0 Å². The maximum Gasteiger partial charge on any atom is 0.233 e. The molecule has 4 rings (SSSR count). The van der Waals surface area contributed by atoms with Crippen LogP contribution < -0.4 is 5.32 Å². The molecule has 1 N–H and O–H groups in total. The van der Waals surface area contributed by atoms with E-state index < -0.39 is 0 Å². The lowest BCUT2D eigenvalue weighted by Crippen LogP contribution is -2.50. The monoisotopic (exact) mass is 392 g/mol. The number of anilines is 1. The molecular weight excluding hydrogens is 368 g/mol. The van der Waals surface area contributed by atoms with Gasteiger partial charge in [-0.1, -0.05) is 35.9 Å². The summed E-state index contributed by atoms with van der Waals surface area (Å²) in [6, 6.07) is 4.26. The number of thioether (sulfide) groups is 1. The Bertz CT molecular complexity index is 717. The van der Waals surface area contributed by atoms with Gasteiger partial charge in [0.2, 0.25) is 11.0 Å². The van der Waals surface area contributed by atoms with Gasteiger partial charge in [0, 0.05) is 12.6 Å². The Hall–Kier alpha value is -1.54. The van der Waals surface area contributed by atoms with Crippen molar-refractivity contribution in [2.24, 2.45) is 5.92 Å². The van der Waals surface area contributed by atoms with Crippen molar-refractivity contribution in [2.45, 2.75) is 55.5 Å². The number of furan rings is 1. The van der Waals surface area contributed by atoms with Crippen molar-refractivity contribution in [2.75, 3.05) is 17.6 Å². The topological polar surface area (TPSA) is 71.3 Å². The van der Waals surface area contributed by atoms with Gasteiger partial charge in [-0.25, -0.2) is 0 Å². The van der Waals surface area contributed by atoms with Gasteiger partial charge in [0.05, 0.1) is 18.6 Å². The Morgan fingerprint density at radius 3 is 3.08 bits per heavy atom. The molecule has 1 aliphatic heterocycles. The molecule has 2 aromatic rings. The molecule has 1 saturated carbocycles. The fourth-order valence-corrected chi connectivity index (χ4v) is 5.69. The quantitative estimate of drug-likeness (QED) is 0.749. The van der Waals surface area contributed by atoms with E-state index in [0.717, 1.165) is 34.1 Å². The minimum absolute atomic E-state index is 0.256. The molecule has 0 bridgehead atoms. The zero-order valence-corrected chi connectivity index (χ0v) is 16.4. The fourth-order valence-electron chi connectivity index (χ4n) is 4.06. The highest BCUT2D eigenvalue weighted by atomic mass is 32.2. The number of carbonyl (C=O) groups is 1. The lowest BCUT2D eigenvalue weighted by Gasteiger charge is -2.44. The Morgan fingerprint density at radius 1 is 1.31 bits per heavy atom. The smallest absolute Gasteiger partial charge is 0.233 e. The van der Waals surface area contributed by atoms with E-state index in [2.05, 4.69) is 20.4 Å². The van der Waals surface area contributed by atoms with Crippen molar-refractivity contribution < 1.29 is 9.21 Å². The molecule has 1 saturated heterocycles. The first-order valence-corrected chi connectivity index (χ1v) is 11.1.